The number of imidazole rings is 1. The molecule has 0 atom stereocenters. The molecule has 156 valence electrons. The van der Waals surface area contributed by atoms with Crippen LogP contribution in [-0.2, 0) is 7.05 Å². The average molecular weight is 424 g/mol. The number of pyridine rings is 1. The van der Waals surface area contributed by atoms with Gasteiger partial charge < -0.3 is 9.47 Å². The Balaban J connectivity index is 1.48. The van der Waals surface area contributed by atoms with Crippen LogP contribution >= 0.6 is 0 Å². The number of carbonyl (C=O) groups excluding carboxylic acids is 1. The van der Waals surface area contributed by atoms with Gasteiger partial charge in [-0.05, 0) is 37.3 Å². The lowest BCUT2D eigenvalue weighted by atomic mass is 10.1. The molecule has 31 heavy (non-hydrogen) atoms. The maximum atomic E-state index is 13.1. The summed E-state index contributed by atoms with van der Waals surface area (Å²) in [5.74, 6) is -1.46. The number of amides is 1. The Hall–Kier alpha value is -3.81. The highest BCUT2D eigenvalue weighted by atomic mass is 16.1. The highest BCUT2D eigenvalue weighted by Crippen LogP contribution is 2.23. The van der Waals surface area contributed by atoms with Crippen molar-refractivity contribution in [3.8, 4) is 11.3 Å². The lowest BCUT2D eigenvalue weighted by Crippen LogP contribution is -2.30. The summed E-state index contributed by atoms with van der Waals surface area (Å²) in [6.07, 6.45) is -4.70. The van der Waals surface area contributed by atoms with E-state index in [2.05, 4.69) is 25.3 Å². The van der Waals surface area contributed by atoms with Crippen molar-refractivity contribution >= 4 is 28.6 Å². The first kappa shape index (κ1) is 11.0. The van der Waals surface area contributed by atoms with Gasteiger partial charge in [-0.3, -0.25) is 10.1 Å². The van der Waals surface area contributed by atoms with Crippen LogP contribution in [0.2, 0.25) is 0 Å². The first-order valence-electron chi connectivity index (χ1n) is 14.2. The number of rotatable bonds is 4. The summed E-state index contributed by atoms with van der Waals surface area (Å²) in [5.41, 5.74) is 2.04. The van der Waals surface area contributed by atoms with Crippen molar-refractivity contribution in [2.75, 3.05) is 23.2 Å². The van der Waals surface area contributed by atoms with Crippen molar-refractivity contribution in [2.45, 2.75) is 19.1 Å². The third-order valence-electron chi connectivity index (χ3n) is 4.62. The molecular weight excluding hydrogens is 390 g/mol. The van der Waals surface area contributed by atoms with E-state index >= 15 is 0 Å². The minimum Gasteiger partial charge on any atom is -0.357 e. The summed E-state index contributed by atoms with van der Waals surface area (Å²) in [7, 11) is 1.85. The minimum atomic E-state index is -3.57. The lowest BCUT2D eigenvalue weighted by Gasteiger charge is -2.27. The summed E-state index contributed by atoms with van der Waals surface area (Å²) in [4.78, 5) is 29.7. The topological polar surface area (TPSA) is 88.8 Å². The molecule has 0 unspecified atom stereocenters. The molecule has 0 aliphatic carbocycles. The van der Waals surface area contributed by atoms with E-state index in [0.29, 0.717) is 10.9 Å². The summed E-state index contributed by atoms with van der Waals surface area (Å²) >= 11 is 0. The molecule has 1 fully saturated rings. The fraction of sp³-hybridized carbons (Fsp3) is 0.261. The highest BCUT2D eigenvalue weighted by molar-refractivity contribution is 6.04. The third-order valence-corrected chi connectivity index (χ3v) is 4.62. The highest BCUT2D eigenvalue weighted by Gasteiger charge is 2.15. The smallest absolute Gasteiger partial charge is 0.258 e. The number of nitrogens with zero attached hydrogens (tertiary/aromatic N) is 6. The molecule has 3 aromatic heterocycles. The van der Waals surface area contributed by atoms with Crippen LogP contribution < -0.4 is 10.2 Å². The molecule has 0 saturated carbocycles. The van der Waals surface area contributed by atoms with Gasteiger partial charge in [-0.2, -0.15) is 0 Å². The molecule has 1 amide bonds. The lowest BCUT2D eigenvalue weighted by molar-refractivity contribution is 0.102. The predicted molar refractivity (Wildman–Crippen MR) is 120 cm³/mol. The zero-order valence-corrected chi connectivity index (χ0v) is 16.3. The predicted octanol–water partition coefficient (Wildman–Crippen LogP) is 3.67. The molecule has 0 spiro atoms. The number of anilines is 2. The van der Waals surface area contributed by atoms with Gasteiger partial charge in [0.25, 0.3) is 5.91 Å². The Morgan fingerprint density at radius 1 is 1.10 bits per heavy atom. The van der Waals surface area contributed by atoms with Crippen LogP contribution in [-0.4, -0.2) is 43.4 Å². The molecule has 8 nitrogen and oxygen atoms in total. The SMILES string of the molecule is [2H]C1([2H])N(c2cc(C(=O)Nc3ncc4ccc(-c5cncn5C)cc4n3)ccn2)C([2H])([2H])C([2H])([2H])C([2H])([2H])C1([2H])[2H]. The number of benzene rings is 1. The zero-order chi connectivity index (χ0) is 30.2. The van der Waals surface area contributed by atoms with Crippen LogP contribution in [0.1, 0.15) is 43.2 Å². The van der Waals surface area contributed by atoms with Crippen molar-refractivity contribution in [1.29, 1.82) is 0 Å². The molecule has 1 aliphatic heterocycles. The Labute approximate surface area is 194 Å². The van der Waals surface area contributed by atoms with E-state index in [-0.39, 0.29) is 16.4 Å². The monoisotopic (exact) mass is 423 g/mol. The fourth-order valence-corrected chi connectivity index (χ4v) is 3.08. The Bertz CT molecular complexity index is 1640. The molecule has 5 rings (SSSR count). The summed E-state index contributed by atoms with van der Waals surface area (Å²) < 4.78 is 83.5. The minimum absolute atomic E-state index is 0.0625. The maximum Gasteiger partial charge on any atom is 0.258 e. The zero-order valence-electron chi connectivity index (χ0n) is 26.3. The van der Waals surface area contributed by atoms with Crippen LogP contribution in [0.25, 0.3) is 22.2 Å². The number of carbonyl (C=O) groups is 1. The molecule has 0 bridgehead atoms. The van der Waals surface area contributed by atoms with Gasteiger partial charge >= 0.3 is 0 Å². The van der Waals surface area contributed by atoms with Crippen molar-refractivity contribution in [1.82, 2.24) is 24.5 Å². The van der Waals surface area contributed by atoms with Gasteiger partial charge in [-0.15, -0.1) is 0 Å². The molecule has 4 aromatic rings. The second kappa shape index (κ2) is 8.14. The fourth-order valence-electron chi connectivity index (χ4n) is 3.08. The third kappa shape index (κ3) is 3.96. The average Bonchev–Trinajstić information content (AvgIpc) is 3.33. The largest absolute Gasteiger partial charge is 0.357 e. The van der Waals surface area contributed by atoms with Crippen molar-refractivity contribution in [2.24, 2.45) is 7.05 Å². The Kier molecular flexibility index (Phi) is 2.89. The summed E-state index contributed by atoms with van der Waals surface area (Å²) in [5, 5.41) is 3.22. The molecule has 8 heteroatoms. The standard InChI is InChI=1S/C23H23N7O/c1-29-15-24-14-20(29)16-5-6-18-13-26-23(27-19(18)11-16)28-22(31)17-7-8-25-21(12-17)30-9-3-2-4-10-30/h5-8,11-15H,2-4,9-10H2,1H3,(H,26,27,28,31)/i2D2,3D2,4D2,9D2,10D2. The van der Waals surface area contributed by atoms with E-state index in [0.717, 1.165) is 23.5 Å². The van der Waals surface area contributed by atoms with Gasteiger partial charge in [0, 0.05) is 62.7 Å². The van der Waals surface area contributed by atoms with E-state index in [1.165, 1.54) is 12.3 Å². The van der Waals surface area contributed by atoms with Gasteiger partial charge in [0.1, 0.15) is 5.82 Å². The summed E-state index contributed by atoms with van der Waals surface area (Å²) in [6.45, 7) is -6.83. The van der Waals surface area contributed by atoms with E-state index in [1.807, 2.05) is 23.7 Å². The van der Waals surface area contributed by atoms with Crippen molar-refractivity contribution in [3.05, 3.63) is 60.8 Å². The normalized spacial score (nSPS) is 26.9. The molecule has 1 saturated heterocycles. The second-order valence-corrected chi connectivity index (χ2v) is 6.65. The van der Waals surface area contributed by atoms with Crippen LogP contribution in [0.4, 0.5) is 11.8 Å². The second-order valence-electron chi connectivity index (χ2n) is 6.65. The quantitative estimate of drug-likeness (QED) is 0.539. The number of aromatic nitrogens is 5. The van der Waals surface area contributed by atoms with Gasteiger partial charge in [0.15, 0.2) is 0 Å². The first-order valence-corrected chi connectivity index (χ1v) is 9.25. The van der Waals surface area contributed by atoms with Crippen molar-refractivity contribution < 1.29 is 18.5 Å². The Morgan fingerprint density at radius 2 is 1.97 bits per heavy atom. The maximum absolute atomic E-state index is 13.1. The van der Waals surface area contributed by atoms with Crippen LogP contribution in [0, 0.1) is 0 Å². The molecule has 4 heterocycles. The van der Waals surface area contributed by atoms with Gasteiger partial charge in [0.2, 0.25) is 5.95 Å². The Morgan fingerprint density at radius 3 is 2.77 bits per heavy atom. The van der Waals surface area contributed by atoms with E-state index in [9.17, 15) is 4.79 Å². The van der Waals surface area contributed by atoms with Gasteiger partial charge in [0.05, 0.1) is 23.7 Å². The number of hydrogen-bond acceptors (Lipinski definition) is 6. The van der Waals surface area contributed by atoms with E-state index in [1.54, 1.807) is 18.6 Å². The molecular formula is C23H23N7O. The van der Waals surface area contributed by atoms with Gasteiger partial charge in [-0.25, -0.2) is 19.9 Å². The molecule has 1 N–H and O–H groups in total. The number of hydrogen-bond donors (Lipinski definition) is 1. The molecule has 1 aliphatic rings. The number of fused-ring (bicyclic) bond motifs is 1. The van der Waals surface area contributed by atoms with Crippen LogP contribution in [0.3, 0.4) is 0 Å². The van der Waals surface area contributed by atoms with Crippen LogP contribution in [0.5, 0.6) is 0 Å². The number of nitrogens with one attached hydrogen (secondary N) is 1. The van der Waals surface area contributed by atoms with Crippen molar-refractivity contribution in [3.63, 3.8) is 0 Å². The number of aryl methyl sites for hydroxylation is 1. The van der Waals surface area contributed by atoms with E-state index in [4.69, 9.17) is 13.7 Å². The summed E-state index contributed by atoms with van der Waals surface area (Å²) in [6, 6.07) is 7.69. The van der Waals surface area contributed by atoms with Gasteiger partial charge in [-0.1, -0.05) is 12.1 Å². The first-order chi connectivity index (χ1) is 18.9. The van der Waals surface area contributed by atoms with Crippen LogP contribution in [0.15, 0.2) is 55.2 Å². The van der Waals surface area contributed by atoms with E-state index < -0.39 is 43.8 Å². The molecule has 0 radical (unpaired) electrons. The number of piperidine rings is 1. The molecule has 1 aromatic carbocycles.